The highest BCUT2D eigenvalue weighted by Crippen LogP contribution is 2.27. The van der Waals surface area contributed by atoms with E-state index in [0.717, 1.165) is 5.56 Å². The summed E-state index contributed by atoms with van der Waals surface area (Å²) in [5, 5.41) is 10.8. The Labute approximate surface area is 156 Å². The molecule has 0 spiro atoms. The highest BCUT2D eigenvalue weighted by atomic mass is 19.1. The summed E-state index contributed by atoms with van der Waals surface area (Å²) in [6.45, 7) is 2.32. The van der Waals surface area contributed by atoms with Crippen LogP contribution in [0, 0.1) is 17.7 Å². The fraction of sp³-hybridized carbons (Fsp3) is 0.474. The number of halogens is 1. The van der Waals surface area contributed by atoms with Gasteiger partial charge < -0.3 is 10.2 Å². The van der Waals surface area contributed by atoms with E-state index in [1.54, 1.807) is 27.9 Å². The zero-order valence-electron chi connectivity index (χ0n) is 15.0. The van der Waals surface area contributed by atoms with E-state index in [-0.39, 0.29) is 23.5 Å². The fourth-order valence-electron chi connectivity index (χ4n) is 3.35. The van der Waals surface area contributed by atoms with Gasteiger partial charge in [0.1, 0.15) is 5.82 Å². The van der Waals surface area contributed by atoms with Crippen molar-refractivity contribution in [3.05, 3.63) is 47.5 Å². The lowest BCUT2D eigenvalue weighted by atomic mass is 10.1. The Balaban J connectivity index is 1.30. The lowest BCUT2D eigenvalue weighted by molar-refractivity contribution is -0.128. The highest BCUT2D eigenvalue weighted by molar-refractivity contribution is 5.91. The average Bonchev–Trinajstić information content (AvgIpc) is 3.27. The van der Waals surface area contributed by atoms with Gasteiger partial charge in [0.25, 0.3) is 5.91 Å². The molecule has 2 heterocycles. The van der Waals surface area contributed by atoms with Crippen molar-refractivity contribution >= 4 is 11.8 Å². The fourth-order valence-corrected chi connectivity index (χ4v) is 3.35. The lowest BCUT2D eigenvalue weighted by Gasteiger charge is -2.16. The first kappa shape index (κ1) is 17.6. The molecule has 1 saturated carbocycles. The summed E-state index contributed by atoms with van der Waals surface area (Å²) >= 11 is 0. The Hall–Kier alpha value is -2.77. The summed E-state index contributed by atoms with van der Waals surface area (Å²) in [7, 11) is 0. The molecule has 142 valence electrons. The molecule has 4 rings (SSSR count). The van der Waals surface area contributed by atoms with Crippen molar-refractivity contribution in [2.24, 2.45) is 11.8 Å². The highest BCUT2D eigenvalue weighted by Gasteiger charge is 2.30. The number of hydrogen-bond acceptors (Lipinski definition) is 4. The summed E-state index contributed by atoms with van der Waals surface area (Å²) < 4.78 is 14.6. The SMILES string of the molecule is O=C(NCC1CC1)c1cn(CC2CC(=O)N(Cc3ccc(F)cc3)C2)nn1. The molecule has 1 N–H and O–H groups in total. The average molecular weight is 371 g/mol. The summed E-state index contributed by atoms with van der Waals surface area (Å²) in [5.41, 5.74) is 1.21. The molecule has 2 aromatic rings. The molecule has 8 heteroatoms. The number of hydrogen-bond donors (Lipinski definition) is 1. The predicted molar refractivity (Wildman–Crippen MR) is 95.0 cm³/mol. The van der Waals surface area contributed by atoms with E-state index in [2.05, 4.69) is 15.6 Å². The molecule has 7 nitrogen and oxygen atoms in total. The van der Waals surface area contributed by atoms with Gasteiger partial charge in [0, 0.05) is 38.5 Å². The van der Waals surface area contributed by atoms with Crippen LogP contribution in [0.1, 0.15) is 35.3 Å². The number of rotatable bonds is 7. The van der Waals surface area contributed by atoms with Crippen molar-refractivity contribution in [3.63, 3.8) is 0 Å². The topological polar surface area (TPSA) is 80.1 Å². The molecule has 0 bridgehead atoms. The third-order valence-electron chi connectivity index (χ3n) is 5.05. The van der Waals surface area contributed by atoms with Gasteiger partial charge in [-0.25, -0.2) is 4.39 Å². The molecule has 1 aromatic heterocycles. The molecule has 27 heavy (non-hydrogen) atoms. The van der Waals surface area contributed by atoms with Crippen molar-refractivity contribution in [1.82, 2.24) is 25.2 Å². The summed E-state index contributed by atoms with van der Waals surface area (Å²) in [5.74, 6) is 0.315. The second-order valence-electron chi connectivity index (χ2n) is 7.45. The lowest BCUT2D eigenvalue weighted by Crippen LogP contribution is -2.26. The monoisotopic (exact) mass is 371 g/mol. The number of nitrogens with zero attached hydrogens (tertiary/aromatic N) is 4. The van der Waals surface area contributed by atoms with Crippen molar-refractivity contribution in [2.75, 3.05) is 13.1 Å². The Morgan fingerprint density at radius 2 is 2.00 bits per heavy atom. The zero-order valence-corrected chi connectivity index (χ0v) is 15.0. The molecule has 1 unspecified atom stereocenters. The van der Waals surface area contributed by atoms with E-state index in [1.807, 2.05) is 0 Å². The molecule has 1 aliphatic carbocycles. The zero-order chi connectivity index (χ0) is 18.8. The van der Waals surface area contributed by atoms with Crippen LogP contribution in [0.5, 0.6) is 0 Å². The first-order valence-electron chi connectivity index (χ1n) is 9.27. The molecule has 0 radical (unpaired) electrons. The van der Waals surface area contributed by atoms with Crippen molar-refractivity contribution < 1.29 is 14.0 Å². The Kier molecular flexibility index (Phi) is 4.87. The van der Waals surface area contributed by atoms with Crippen LogP contribution in [0.2, 0.25) is 0 Å². The van der Waals surface area contributed by atoms with Gasteiger partial charge in [0.05, 0.1) is 6.20 Å². The van der Waals surface area contributed by atoms with Crippen LogP contribution in [0.3, 0.4) is 0 Å². The minimum atomic E-state index is -0.285. The van der Waals surface area contributed by atoms with E-state index < -0.39 is 0 Å². The quantitative estimate of drug-likeness (QED) is 0.802. The number of benzene rings is 1. The van der Waals surface area contributed by atoms with Crippen molar-refractivity contribution in [3.8, 4) is 0 Å². The van der Waals surface area contributed by atoms with E-state index in [1.165, 1.54) is 25.0 Å². The van der Waals surface area contributed by atoms with Crippen LogP contribution in [-0.2, 0) is 17.9 Å². The van der Waals surface area contributed by atoms with Gasteiger partial charge >= 0.3 is 0 Å². The third-order valence-corrected chi connectivity index (χ3v) is 5.05. The third kappa shape index (κ3) is 4.50. The standard InChI is InChI=1S/C19H22FN5O2/c20-16-5-3-14(4-6-16)9-24-10-15(7-18(24)26)11-25-12-17(22-23-25)19(27)21-8-13-1-2-13/h3-6,12-13,15H,1-2,7-11H2,(H,21,27). The summed E-state index contributed by atoms with van der Waals surface area (Å²) in [4.78, 5) is 26.1. The minimum Gasteiger partial charge on any atom is -0.350 e. The second kappa shape index (κ2) is 7.46. The molecule has 2 fully saturated rings. The second-order valence-corrected chi connectivity index (χ2v) is 7.45. The largest absolute Gasteiger partial charge is 0.350 e. The van der Waals surface area contributed by atoms with Crippen LogP contribution in [0.4, 0.5) is 4.39 Å². The maximum atomic E-state index is 13.0. The first-order chi connectivity index (χ1) is 13.1. The van der Waals surface area contributed by atoms with E-state index >= 15 is 0 Å². The van der Waals surface area contributed by atoms with E-state index in [4.69, 9.17) is 0 Å². The van der Waals surface area contributed by atoms with Gasteiger partial charge in [-0.05, 0) is 36.5 Å². The molecule has 1 aromatic carbocycles. The number of carbonyl (C=O) groups is 2. The van der Waals surface area contributed by atoms with Crippen LogP contribution >= 0.6 is 0 Å². The number of likely N-dealkylation sites (tertiary alicyclic amines) is 1. The summed E-state index contributed by atoms with van der Waals surface area (Å²) in [6, 6.07) is 6.19. The van der Waals surface area contributed by atoms with Crippen molar-refractivity contribution in [2.45, 2.75) is 32.4 Å². The first-order valence-corrected chi connectivity index (χ1v) is 9.27. The number of aromatic nitrogens is 3. The van der Waals surface area contributed by atoms with Crippen LogP contribution in [0.25, 0.3) is 0 Å². The van der Waals surface area contributed by atoms with Gasteiger partial charge in [-0.1, -0.05) is 17.3 Å². The predicted octanol–water partition coefficient (Wildman–Crippen LogP) is 1.61. The Bertz CT molecular complexity index is 831. The normalized spacial score (nSPS) is 19.5. The Morgan fingerprint density at radius 1 is 1.22 bits per heavy atom. The van der Waals surface area contributed by atoms with E-state index in [9.17, 15) is 14.0 Å². The molecule has 1 saturated heterocycles. The maximum Gasteiger partial charge on any atom is 0.273 e. The molecular weight excluding hydrogens is 349 g/mol. The Morgan fingerprint density at radius 3 is 2.74 bits per heavy atom. The van der Waals surface area contributed by atoms with Gasteiger partial charge in [-0.15, -0.1) is 5.10 Å². The van der Waals surface area contributed by atoms with Crippen LogP contribution in [-0.4, -0.2) is 44.8 Å². The minimum absolute atomic E-state index is 0.0758. The van der Waals surface area contributed by atoms with Gasteiger partial charge in [-0.2, -0.15) is 0 Å². The number of amides is 2. The smallest absolute Gasteiger partial charge is 0.273 e. The van der Waals surface area contributed by atoms with Crippen LogP contribution < -0.4 is 5.32 Å². The maximum absolute atomic E-state index is 13.0. The number of nitrogens with one attached hydrogen (secondary N) is 1. The molecule has 1 atom stereocenters. The molecular formula is C19H22FN5O2. The van der Waals surface area contributed by atoms with Crippen molar-refractivity contribution in [1.29, 1.82) is 0 Å². The van der Waals surface area contributed by atoms with Crippen LogP contribution in [0.15, 0.2) is 30.5 Å². The van der Waals surface area contributed by atoms with E-state index in [0.29, 0.717) is 44.2 Å². The summed E-state index contributed by atoms with van der Waals surface area (Å²) in [6.07, 6.45) is 4.42. The van der Waals surface area contributed by atoms with Gasteiger partial charge in [0.2, 0.25) is 5.91 Å². The van der Waals surface area contributed by atoms with Gasteiger partial charge in [0.15, 0.2) is 5.69 Å². The number of carbonyl (C=O) groups excluding carboxylic acids is 2. The molecule has 2 aliphatic rings. The van der Waals surface area contributed by atoms with Gasteiger partial charge in [-0.3, -0.25) is 14.3 Å². The molecule has 1 aliphatic heterocycles. The molecule has 2 amide bonds.